The minimum absolute atomic E-state index is 0.102. The molecule has 0 aliphatic heterocycles. The van der Waals surface area contributed by atoms with Crippen molar-refractivity contribution >= 4 is 23.4 Å². The van der Waals surface area contributed by atoms with Crippen LogP contribution in [0.4, 0.5) is 11.4 Å². The summed E-state index contributed by atoms with van der Waals surface area (Å²) < 4.78 is 5.06. The van der Waals surface area contributed by atoms with E-state index in [1.165, 1.54) is 31.4 Å². The number of anilines is 1. The van der Waals surface area contributed by atoms with Gasteiger partial charge in [-0.3, -0.25) is 14.9 Å². The third-order valence-corrected chi connectivity index (χ3v) is 2.88. The van der Waals surface area contributed by atoms with Gasteiger partial charge in [0.25, 0.3) is 5.69 Å². The average molecular weight is 298 g/mol. The van der Waals surface area contributed by atoms with Gasteiger partial charge in [0.2, 0.25) is 5.91 Å². The molecule has 2 aromatic carbocycles. The highest BCUT2D eigenvalue weighted by atomic mass is 16.6. The zero-order chi connectivity index (χ0) is 15.9. The quantitative estimate of drug-likeness (QED) is 0.522. The third-order valence-electron chi connectivity index (χ3n) is 2.88. The van der Waals surface area contributed by atoms with Crippen LogP contribution in [-0.2, 0) is 4.79 Å². The van der Waals surface area contributed by atoms with Crippen LogP contribution in [0.1, 0.15) is 5.56 Å². The smallest absolute Gasteiger partial charge is 0.273 e. The van der Waals surface area contributed by atoms with E-state index in [2.05, 4.69) is 5.32 Å². The first-order valence-corrected chi connectivity index (χ1v) is 6.46. The molecule has 6 heteroatoms. The normalized spacial score (nSPS) is 10.4. The van der Waals surface area contributed by atoms with Crippen LogP contribution in [0, 0.1) is 10.1 Å². The van der Waals surface area contributed by atoms with Crippen LogP contribution in [0.3, 0.4) is 0 Å². The first kappa shape index (κ1) is 15.2. The van der Waals surface area contributed by atoms with Crippen LogP contribution < -0.4 is 10.1 Å². The molecule has 0 spiro atoms. The lowest BCUT2D eigenvalue weighted by Gasteiger charge is -2.08. The Kier molecular flexibility index (Phi) is 4.87. The van der Waals surface area contributed by atoms with E-state index < -0.39 is 4.92 Å². The van der Waals surface area contributed by atoms with Gasteiger partial charge in [0.05, 0.1) is 23.8 Å². The summed E-state index contributed by atoms with van der Waals surface area (Å²) in [5, 5.41) is 13.3. The maximum absolute atomic E-state index is 11.9. The number of benzene rings is 2. The molecule has 1 amide bonds. The number of nitrogens with zero attached hydrogens (tertiary/aromatic N) is 1. The molecule has 6 nitrogen and oxygen atoms in total. The van der Waals surface area contributed by atoms with Gasteiger partial charge in [-0.15, -0.1) is 0 Å². The minimum atomic E-state index is -0.524. The van der Waals surface area contributed by atoms with Crippen molar-refractivity contribution in [1.29, 1.82) is 0 Å². The second-order valence-corrected chi connectivity index (χ2v) is 4.37. The molecule has 0 aromatic heterocycles. The molecular weight excluding hydrogens is 284 g/mol. The molecule has 0 fully saturated rings. The Bertz CT molecular complexity index is 711. The second-order valence-electron chi connectivity index (χ2n) is 4.37. The van der Waals surface area contributed by atoms with Crippen molar-refractivity contribution in [2.45, 2.75) is 0 Å². The molecule has 112 valence electrons. The number of hydrogen-bond donors (Lipinski definition) is 1. The second kappa shape index (κ2) is 7.03. The molecule has 22 heavy (non-hydrogen) atoms. The van der Waals surface area contributed by atoms with Crippen molar-refractivity contribution in [2.75, 3.05) is 12.4 Å². The zero-order valence-corrected chi connectivity index (χ0v) is 11.9. The Hall–Kier alpha value is -3.15. The largest absolute Gasteiger partial charge is 0.494 e. The van der Waals surface area contributed by atoms with Gasteiger partial charge in [0.15, 0.2) is 0 Å². The number of rotatable bonds is 5. The highest BCUT2D eigenvalue weighted by Crippen LogP contribution is 2.28. The van der Waals surface area contributed by atoms with Crippen LogP contribution >= 0.6 is 0 Å². The summed E-state index contributed by atoms with van der Waals surface area (Å²) in [5.41, 5.74) is 1.17. The van der Waals surface area contributed by atoms with E-state index in [1.807, 2.05) is 30.3 Å². The van der Waals surface area contributed by atoms with Crippen molar-refractivity contribution in [3.8, 4) is 5.75 Å². The van der Waals surface area contributed by atoms with Gasteiger partial charge < -0.3 is 10.1 Å². The Labute approximate surface area is 127 Å². The highest BCUT2D eigenvalue weighted by Gasteiger charge is 2.12. The van der Waals surface area contributed by atoms with Crippen LogP contribution in [0.5, 0.6) is 5.75 Å². The molecule has 0 unspecified atom stereocenters. The lowest BCUT2D eigenvalue weighted by Crippen LogP contribution is -2.09. The van der Waals surface area contributed by atoms with E-state index in [0.29, 0.717) is 5.69 Å². The maximum Gasteiger partial charge on any atom is 0.273 e. The van der Waals surface area contributed by atoms with Crippen LogP contribution in [-0.4, -0.2) is 17.9 Å². The van der Waals surface area contributed by atoms with Gasteiger partial charge in [-0.05, 0) is 17.7 Å². The summed E-state index contributed by atoms with van der Waals surface area (Å²) >= 11 is 0. The van der Waals surface area contributed by atoms with E-state index in [9.17, 15) is 14.9 Å². The number of carbonyl (C=O) groups excluding carboxylic acids is 1. The average Bonchev–Trinajstić information content (AvgIpc) is 2.54. The van der Waals surface area contributed by atoms with Crippen molar-refractivity contribution in [1.82, 2.24) is 0 Å². The molecule has 2 rings (SSSR count). The van der Waals surface area contributed by atoms with Crippen LogP contribution in [0.25, 0.3) is 6.08 Å². The first-order valence-electron chi connectivity index (χ1n) is 6.46. The number of hydrogen-bond acceptors (Lipinski definition) is 4. The Morgan fingerprint density at radius 3 is 2.59 bits per heavy atom. The molecule has 0 saturated carbocycles. The molecule has 0 radical (unpaired) electrons. The molecule has 0 aliphatic rings. The third kappa shape index (κ3) is 3.92. The summed E-state index contributed by atoms with van der Waals surface area (Å²) in [6, 6.07) is 13.4. The molecule has 0 bridgehead atoms. The van der Waals surface area contributed by atoms with Crippen molar-refractivity contribution in [3.63, 3.8) is 0 Å². The molecule has 1 N–H and O–H groups in total. The standard InChI is InChI=1S/C16H14N2O4/c1-22-15-11-13(18(20)21)8-9-14(15)17-16(19)10-7-12-5-3-2-4-6-12/h2-11H,1H3,(H,17,19). The van der Waals surface area contributed by atoms with Crippen molar-refractivity contribution < 1.29 is 14.5 Å². The van der Waals surface area contributed by atoms with Crippen molar-refractivity contribution in [3.05, 3.63) is 70.3 Å². The van der Waals surface area contributed by atoms with Crippen LogP contribution in [0.15, 0.2) is 54.6 Å². The number of nitrogens with one attached hydrogen (secondary N) is 1. The van der Waals surface area contributed by atoms with Crippen LogP contribution in [0.2, 0.25) is 0 Å². The molecule has 0 aliphatic carbocycles. The Morgan fingerprint density at radius 1 is 1.23 bits per heavy atom. The number of methoxy groups -OCH3 is 1. The van der Waals surface area contributed by atoms with Gasteiger partial charge in [0.1, 0.15) is 5.75 Å². The van der Waals surface area contributed by atoms with E-state index in [0.717, 1.165) is 5.56 Å². The van der Waals surface area contributed by atoms with Gasteiger partial charge in [-0.2, -0.15) is 0 Å². The summed E-state index contributed by atoms with van der Waals surface area (Å²) in [5.74, 6) is -0.119. The van der Waals surface area contributed by atoms with Gasteiger partial charge in [0, 0.05) is 12.1 Å². The fourth-order valence-electron chi connectivity index (χ4n) is 1.81. The maximum atomic E-state index is 11.9. The number of nitro groups is 1. The van der Waals surface area contributed by atoms with E-state index in [4.69, 9.17) is 4.74 Å². The monoisotopic (exact) mass is 298 g/mol. The lowest BCUT2D eigenvalue weighted by molar-refractivity contribution is -0.384. The van der Waals surface area contributed by atoms with Gasteiger partial charge in [-0.1, -0.05) is 30.3 Å². The number of nitro benzene ring substituents is 1. The number of amides is 1. The Morgan fingerprint density at radius 2 is 1.95 bits per heavy atom. The zero-order valence-electron chi connectivity index (χ0n) is 11.9. The van der Waals surface area contributed by atoms with Gasteiger partial charge >= 0.3 is 0 Å². The SMILES string of the molecule is COc1cc([N+](=O)[O-])ccc1NC(=O)C=Cc1ccccc1. The predicted octanol–water partition coefficient (Wildman–Crippen LogP) is 3.26. The fourth-order valence-corrected chi connectivity index (χ4v) is 1.81. The number of carbonyl (C=O) groups is 1. The van der Waals surface area contributed by atoms with E-state index in [1.54, 1.807) is 6.08 Å². The Balaban J connectivity index is 2.11. The minimum Gasteiger partial charge on any atom is -0.494 e. The molecule has 0 heterocycles. The molecule has 0 saturated heterocycles. The fraction of sp³-hybridized carbons (Fsp3) is 0.0625. The molecule has 2 aromatic rings. The molecule has 0 atom stereocenters. The van der Waals surface area contributed by atoms with Gasteiger partial charge in [-0.25, -0.2) is 0 Å². The summed E-state index contributed by atoms with van der Waals surface area (Å²) in [6.07, 6.45) is 3.06. The summed E-state index contributed by atoms with van der Waals surface area (Å²) in [6.45, 7) is 0. The summed E-state index contributed by atoms with van der Waals surface area (Å²) in [7, 11) is 1.38. The number of non-ortho nitro benzene ring substituents is 1. The number of ether oxygens (including phenoxy) is 1. The topological polar surface area (TPSA) is 81.5 Å². The van der Waals surface area contributed by atoms with E-state index >= 15 is 0 Å². The lowest BCUT2D eigenvalue weighted by atomic mass is 10.2. The first-order chi connectivity index (χ1) is 10.6. The van der Waals surface area contributed by atoms with Crippen molar-refractivity contribution in [2.24, 2.45) is 0 Å². The molecular formula is C16H14N2O4. The van der Waals surface area contributed by atoms with E-state index in [-0.39, 0.29) is 17.3 Å². The predicted molar refractivity (Wildman–Crippen MR) is 83.8 cm³/mol. The summed E-state index contributed by atoms with van der Waals surface area (Å²) in [4.78, 5) is 22.1. The highest BCUT2D eigenvalue weighted by molar-refractivity contribution is 6.02.